The summed E-state index contributed by atoms with van der Waals surface area (Å²) in [7, 11) is 0. The predicted octanol–water partition coefficient (Wildman–Crippen LogP) is -0.408. The van der Waals surface area contributed by atoms with Gasteiger partial charge in [0.15, 0.2) is 5.92 Å². The van der Waals surface area contributed by atoms with Crippen LogP contribution in [0.4, 0.5) is 0 Å². The van der Waals surface area contributed by atoms with Crippen molar-refractivity contribution >= 4 is 22.8 Å². The standard InChI is InChI=1S/C16H17NO7/c18-6-10(19)13(20)14-11(12(15(21)22)16(23)24-14)8-5-17-9-4-2-1-3-7(8)9/h1-5,10-14,17-20H,6H2,(H,21,22)/t10-,11+,12-,13-,14-/m0/s1. The number of aliphatic carboxylic acids is 1. The van der Waals surface area contributed by atoms with Gasteiger partial charge in [-0.3, -0.25) is 9.59 Å². The third-order valence-electron chi connectivity index (χ3n) is 4.38. The summed E-state index contributed by atoms with van der Waals surface area (Å²) in [5, 5.41) is 39.0. The second-order valence-corrected chi connectivity index (χ2v) is 5.77. The number of carboxylic acids is 1. The molecule has 0 aliphatic carbocycles. The van der Waals surface area contributed by atoms with E-state index < -0.39 is 48.7 Å². The molecule has 0 bridgehead atoms. The molecule has 0 spiro atoms. The summed E-state index contributed by atoms with van der Waals surface area (Å²) in [6.07, 6.45) is -2.87. The highest BCUT2D eigenvalue weighted by molar-refractivity contribution is 5.98. The van der Waals surface area contributed by atoms with Gasteiger partial charge in [0.05, 0.1) is 6.61 Å². The van der Waals surface area contributed by atoms with Gasteiger partial charge in [0.25, 0.3) is 0 Å². The van der Waals surface area contributed by atoms with Crippen molar-refractivity contribution < 1.29 is 34.8 Å². The van der Waals surface area contributed by atoms with Crippen molar-refractivity contribution in [3.63, 3.8) is 0 Å². The van der Waals surface area contributed by atoms with Gasteiger partial charge in [-0.05, 0) is 11.6 Å². The number of carbonyl (C=O) groups excluding carboxylic acids is 1. The lowest BCUT2D eigenvalue weighted by Crippen LogP contribution is -2.42. The maximum atomic E-state index is 12.0. The summed E-state index contributed by atoms with van der Waals surface area (Å²) in [4.78, 5) is 26.6. The molecule has 1 aliphatic rings. The average molecular weight is 335 g/mol. The van der Waals surface area contributed by atoms with Gasteiger partial charge in [-0.1, -0.05) is 18.2 Å². The summed E-state index contributed by atoms with van der Waals surface area (Å²) in [6.45, 7) is -0.743. The van der Waals surface area contributed by atoms with Crippen LogP contribution in [0.2, 0.25) is 0 Å². The van der Waals surface area contributed by atoms with E-state index in [0.717, 1.165) is 5.52 Å². The van der Waals surface area contributed by atoms with E-state index >= 15 is 0 Å². The first-order valence-corrected chi connectivity index (χ1v) is 7.42. The molecule has 128 valence electrons. The van der Waals surface area contributed by atoms with Gasteiger partial charge in [-0.15, -0.1) is 0 Å². The zero-order chi connectivity index (χ0) is 17.4. The van der Waals surface area contributed by atoms with Crippen LogP contribution in [0, 0.1) is 5.92 Å². The predicted molar refractivity (Wildman–Crippen MR) is 81.1 cm³/mol. The first-order chi connectivity index (χ1) is 11.5. The molecular formula is C16H17NO7. The number of aliphatic hydroxyl groups is 3. The zero-order valence-corrected chi connectivity index (χ0v) is 12.5. The maximum Gasteiger partial charge on any atom is 0.321 e. The van der Waals surface area contributed by atoms with Crippen LogP contribution in [-0.4, -0.2) is 62.3 Å². The number of cyclic esters (lactones) is 1. The Hall–Kier alpha value is -2.42. The van der Waals surface area contributed by atoms with Crippen molar-refractivity contribution in [3.05, 3.63) is 36.0 Å². The molecule has 8 nitrogen and oxygen atoms in total. The Morgan fingerprint density at radius 2 is 2.00 bits per heavy atom. The molecule has 2 heterocycles. The number of nitrogens with one attached hydrogen (secondary N) is 1. The number of benzene rings is 1. The number of para-hydroxylation sites is 1. The van der Waals surface area contributed by atoms with E-state index in [1.165, 1.54) is 0 Å². The van der Waals surface area contributed by atoms with Crippen LogP contribution in [0.15, 0.2) is 30.5 Å². The van der Waals surface area contributed by atoms with Gasteiger partial charge in [0.2, 0.25) is 0 Å². The number of rotatable bonds is 5. The third-order valence-corrected chi connectivity index (χ3v) is 4.38. The molecule has 1 aliphatic heterocycles. The first-order valence-electron chi connectivity index (χ1n) is 7.42. The average Bonchev–Trinajstić information content (AvgIpc) is 3.13. The smallest absolute Gasteiger partial charge is 0.321 e. The summed E-state index contributed by atoms with van der Waals surface area (Å²) in [5.74, 6) is -4.85. The van der Waals surface area contributed by atoms with Crippen molar-refractivity contribution in [2.45, 2.75) is 24.2 Å². The second-order valence-electron chi connectivity index (χ2n) is 5.77. The topological polar surface area (TPSA) is 140 Å². The van der Waals surface area contributed by atoms with Crippen molar-refractivity contribution in [2.75, 3.05) is 6.61 Å². The summed E-state index contributed by atoms with van der Waals surface area (Å²) >= 11 is 0. The number of aromatic amines is 1. The lowest BCUT2D eigenvalue weighted by molar-refractivity contribution is -0.156. The molecule has 8 heteroatoms. The number of aliphatic hydroxyl groups excluding tert-OH is 3. The van der Waals surface area contributed by atoms with Gasteiger partial charge >= 0.3 is 11.9 Å². The van der Waals surface area contributed by atoms with Crippen LogP contribution in [0.1, 0.15) is 11.5 Å². The molecule has 0 saturated carbocycles. The number of fused-ring (bicyclic) bond motifs is 1. The molecule has 3 rings (SSSR count). The molecule has 1 saturated heterocycles. The molecule has 1 aromatic heterocycles. The number of carboxylic acid groups (broad SMARTS) is 1. The lowest BCUT2D eigenvalue weighted by Gasteiger charge is -2.26. The third kappa shape index (κ3) is 2.54. The molecule has 0 unspecified atom stereocenters. The van der Waals surface area contributed by atoms with Crippen molar-refractivity contribution in [3.8, 4) is 0 Å². The minimum absolute atomic E-state index is 0.498. The molecular weight excluding hydrogens is 318 g/mol. The lowest BCUT2D eigenvalue weighted by atomic mass is 9.81. The number of hydrogen-bond donors (Lipinski definition) is 5. The molecule has 5 N–H and O–H groups in total. The van der Waals surface area contributed by atoms with Gasteiger partial charge in [0.1, 0.15) is 18.3 Å². The van der Waals surface area contributed by atoms with E-state index in [1.807, 2.05) is 0 Å². The SMILES string of the molecule is O=C(O)[C@H]1C(=O)O[C@H]([C@@H](O)[C@@H](O)CO)[C@@H]1c1c[nH]c2ccccc12. The Labute approximate surface area is 136 Å². The maximum absolute atomic E-state index is 12.0. The molecule has 0 radical (unpaired) electrons. The van der Waals surface area contributed by atoms with Gasteiger partial charge in [-0.2, -0.15) is 0 Å². The minimum atomic E-state index is -1.61. The molecule has 2 aromatic rings. The van der Waals surface area contributed by atoms with E-state index in [2.05, 4.69) is 4.98 Å². The van der Waals surface area contributed by atoms with E-state index in [4.69, 9.17) is 9.84 Å². The fraction of sp³-hybridized carbons (Fsp3) is 0.375. The van der Waals surface area contributed by atoms with Gasteiger partial charge in [0, 0.05) is 23.0 Å². The number of ether oxygens (including phenoxy) is 1. The van der Waals surface area contributed by atoms with Crippen LogP contribution in [-0.2, 0) is 14.3 Å². The number of esters is 1. The number of H-pyrrole nitrogens is 1. The minimum Gasteiger partial charge on any atom is -0.481 e. The molecule has 0 amide bonds. The highest BCUT2D eigenvalue weighted by atomic mass is 16.6. The fourth-order valence-corrected chi connectivity index (χ4v) is 3.21. The van der Waals surface area contributed by atoms with Crippen LogP contribution in [0.5, 0.6) is 0 Å². The number of hydrogen-bond acceptors (Lipinski definition) is 6. The molecule has 1 fully saturated rings. The largest absolute Gasteiger partial charge is 0.481 e. The summed E-state index contributed by atoms with van der Waals surface area (Å²) in [6, 6.07) is 7.12. The molecule has 5 atom stereocenters. The highest BCUT2D eigenvalue weighted by Gasteiger charge is 2.54. The van der Waals surface area contributed by atoms with Crippen molar-refractivity contribution in [2.24, 2.45) is 5.92 Å². The van der Waals surface area contributed by atoms with Crippen molar-refractivity contribution in [1.29, 1.82) is 0 Å². The van der Waals surface area contributed by atoms with Gasteiger partial charge < -0.3 is 30.1 Å². The van der Waals surface area contributed by atoms with E-state index in [-0.39, 0.29) is 0 Å². The number of carbonyl (C=O) groups is 2. The van der Waals surface area contributed by atoms with Gasteiger partial charge in [-0.25, -0.2) is 0 Å². The van der Waals surface area contributed by atoms with Crippen LogP contribution < -0.4 is 0 Å². The van der Waals surface area contributed by atoms with Crippen LogP contribution >= 0.6 is 0 Å². The Morgan fingerprint density at radius 3 is 2.67 bits per heavy atom. The fourth-order valence-electron chi connectivity index (χ4n) is 3.21. The van der Waals surface area contributed by atoms with E-state index in [1.54, 1.807) is 30.5 Å². The zero-order valence-electron chi connectivity index (χ0n) is 12.5. The number of aromatic nitrogens is 1. The Kier molecular flexibility index (Phi) is 4.27. The van der Waals surface area contributed by atoms with E-state index in [0.29, 0.717) is 10.9 Å². The summed E-state index contributed by atoms with van der Waals surface area (Å²) < 4.78 is 5.05. The highest BCUT2D eigenvalue weighted by Crippen LogP contribution is 2.42. The normalized spacial score (nSPS) is 26.3. The Morgan fingerprint density at radius 1 is 1.29 bits per heavy atom. The Balaban J connectivity index is 2.10. The first kappa shape index (κ1) is 16.4. The molecule has 24 heavy (non-hydrogen) atoms. The van der Waals surface area contributed by atoms with Crippen LogP contribution in [0.25, 0.3) is 10.9 Å². The van der Waals surface area contributed by atoms with E-state index in [9.17, 15) is 24.9 Å². The Bertz CT molecular complexity index is 771. The monoisotopic (exact) mass is 335 g/mol. The molecule has 1 aromatic carbocycles. The summed E-state index contributed by atoms with van der Waals surface area (Å²) in [5.41, 5.74) is 1.24. The quantitative estimate of drug-likeness (QED) is 0.370. The van der Waals surface area contributed by atoms with Crippen molar-refractivity contribution in [1.82, 2.24) is 4.98 Å². The second kappa shape index (κ2) is 6.23. The van der Waals surface area contributed by atoms with Crippen LogP contribution in [0.3, 0.4) is 0 Å².